The number of phenols is 2. The molecule has 0 aliphatic carbocycles. The molecule has 0 aromatic heterocycles. The number of aromatic hydroxyl groups is 2. The minimum Gasteiger partial charge on any atom is -0.508 e. The zero-order chi connectivity index (χ0) is 14.0. The summed E-state index contributed by atoms with van der Waals surface area (Å²) >= 11 is 3.32. The Balaban J connectivity index is 2.27. The third-order valence-corrected chi connectivity index (χ3v) is 3.47. The number of hydrogen-bond donors (Lipinski definition) is 3. The van der Waals surface area contributed by atoms with E-state index in [1.54, 1.807) is 6.07 Å². The molecule has 19 heavy (non-hydrogen) atoms. The van der Waals surface area contributed by atoms with E-state index in [1.165, 1.54) is 30.3 Å². The van der Waals surface area contributed by atoms with Crippen molar-refractivity contribution in [1.82, 2.24) is 0 Å². The fourth-order valence-corrected chi connectivity index (χ4v) is 2.17. The monoisotopic (exact) mass is 325 g/mol. The molecule has 1 atom stereocenters. The Morgan fingerprint density at radius 3 is 2.63 bits per heavy atom. The van der Waals surface area contributed by atoms with Gasteiger partial charge in [-0.15, -0.1) is 0 Å². The molecule has 0 bridgehead atoms. The summed E-state index contributed by atoms with van der Waals surface area (Å²) in [5.41, 5.74) is 1.12. The van der Waals surface area contributed by atoms with Crippen molar-refractivity contribution >= 4 is 21.6 Å². The highest BCUT2D eigenvalue weighted by Crippen LogP contribution is 2.32. The van der Waals surface area contributed by atoms with Crippen LogP contribution in [0.5, 0.6) is 11.5 Å². The van der Waals surface area contributed by atoms with Gasteiger partial charge in [0.15, 0.2) is 0 Å². The molecular weight excluding hydrogens is 313 g/mol. The molecule has 2 rings (SSSR count). The van der Waals surface area contributed by atoms with Crippen LogP contribution in [0, 0.1) is 5.82 Å². The van der Waals surface area contributed by atoms with E-state index in [0.29, 0.717) is 11.3 Å². The second-order valence-corrected chi connectivity index (χ2v) is 5.09. The largest absolute Gasteiger partial charge is 0.508 e. The first kappa shape index (κ1) is 13.7. The van der Waals surface area contributed by atoms with Crippen LogP contribution in [0.15, 0.2) is 40.9 Å². The number of halogens is 2. The summed E-state index contributed by atoms with van der Waals surface area (Å²) in [7, 11) is 0. The highest BCUT2D eigenvalue weighted by Gasteiger charge is 2.13. The van der Waals surface area contributed by atoms with E-state index in [0.717, 1.165) is 4.47 Å². The van der Waals surface area contributed by atoms with E-state index in [4.69, 9.17) is 0 Å². The Labute approximate surface area is 118 Å². The van der Waals surface area contributed by atoms with Gasteiger partial charge in [-0.25, -0.2) is 4.39 Å². The quantitative estimate of drug-likeness (QED) is 0.742. The number of nitrogens with one attached hydrogen (secondary N) is 1. The van der Waals surface area contributed by atoms with Crippen LogP contribution in [0.1, 0.15) is 18.5 Å². The Kier molecular flexibility index (Phi) is 3.95. The maximum atomic E-state index is 13.2. The van der Waals surface area contributed by atoms with Gasteiger partial charge in [0.2, 0.25) is 0 Å². The summed E-state index contributed by atoms with van der Waals surface area (Å²) in [5.74, 6) is -0.205. The highest BCUT2D eigenvalue weighted by atomic mass is 79.9. The van der Waals surface area contributed by atoms with E-state index < -0.39 is 0 Å². The Hall–Kier alpha value is -1.75. The number of benzene rings is 2. The maximum Gasteiger partial charge on any atom is 0.125 e. The van der Waals surface area contributed by atoms with Gasteiger partial charge < -0.3 is 15.5 Å². The summed E-state index contributed by atoms with van der Waals surface area (Å²) in [6, 6.07) is 8.33. The van der Waals surface area contributed by atoms with E-state index in [1.807, 2.05) is 6.92 Å². The first-order valence-electron chi connectivity index (χ1n) is 5.71. The van der Waals surface area contributed by atoms with Gasteiger partial charge in [0.1, 0.15) is 17.3 Å². The van der Waals surface area contributed by atoms with E-state index in [2.05, 4.69) is 21.2 Å². The van der Waals surface area contributed by atoms with Crippen molar-refractivity contribution in [3.05, 3.63) is 52.3 Å². The average Bonchev–Trinajstić information content (AvgIpc) is 2.36. The topological polar surface area (TPSA) is 52.5 Å². The van der Waals surface area contributed by atoms with E-state index in [9.17, 15) is 14.6 Å². The molecule has 0 saturated heterocycles. The Bertz CT molecular complexity index is 604. The molecule has 0 fully saturated rings. The molecule has 0 saturated carbocycles. The molecule has 0 heterocycles. The molecule has 3 N–H and O–H groups in total. The minimum absolute atomic E-state index is 0.0692. The molecule has 0 aliphatic rings. The lowest BCUT2D eigenvalue weighted by atomic mass is 10.1. The standard InChI is InChI=1S/C14H13BrFNO2/c1-8(11-7-10(18)3-5-14(11)19)17-13-6-9(16)2-4-12(13)15/h2-8,17-19H,1H3. The van der Waals surface area contributed by atoms with Crippen molar-refractivity contribution < 1.29 is 14.6 Å². The lowest BCUT2D eigenvalue weighted by Crippen LogP contribution is -2.07. The van der Waals surface area contributed by atoms with Crippen molar-refractivity contribution in [3.63, 3.8) is 0 Å². The van der Waals surface area contributed by atoms with Gasteiger partial charge in [-0.05, 0) is 59.3 Å². The number of anilines is 1. The maximum absolute atomic E-state index is 13.2. The van der Waals surface area contributed by atoms with Crippen LogP contribution in [0.4, 0.5) is 10.1 Å². The predicted molar refractivity (Wildman–Crippen MR) is 75.9 cm³/mol. The molecule has 0 aliphatic heterocycles. The van der Waals surface area contributed by atoms with Crippen molar-refractivity contribution in [2.45, 2.75) is 13.0 Å². The second kappa shape index (κ2) is 5.48. The van der Waals surface area contributed by atoms with Crippen LogP contribution in [0.3, 0.4) is 0 Å². The van der Waals surface area contributed by atoms with Crippen molar-refractivity contribution in [1.29, 1.82) is 0 Å². The van der Waals surface area contributed by atoms with E-state index in [-0.39, 0.29) is 23.4 Å². The fourth-order valence-electron chi connectivity index (χ4n) is 1.81. The van der Waals surface area contributed by atoms with Gasteiger partial charge in [-0.3, -0.25) is 0 Å². The zero-order valence-corrected chi connectivity index (χ0v) is 11.8. The third kappa shape index (κ3) is 3.17. The molecule has 5 heteroatoms. The SMILES string of the molecule is CC(Nc1cc(F)ccc1Br)c1cc(O)ccc1O. The van der Waals surface area contributed by atoms with E-state index >= 15 is 0 Å². The molecule has 0 amide bonds. The van der Waals surface area contributed by atoms with Gasteiger partial charge in [0, 0.05) is 10.0 Å². The predicted octanol–water partition coefficient (Wildman–Crippen LogP) is 4.17. The fraction of sp³-hybridized carbons (Fsp3) is 0.143. The molecule has 2 aromatic carbocycles. The lowest BCUT2D eigenvalue weighted by molar-refractivity contribution is 0.451. The van der Waals surface area contributed by atoms with Crippen LogP contribution in [0.2, 0.25) is 0 Å². The Morgan fingerprint density at radius 2 is 1.89 bits per heavy atom. The number of rotatable bonds is 3. The lowest BCUT2D eigenvalue weighted by Gasteiger charge is -2.18. The smallest absolute Gasteiger partial charge is 0.125 e. The summed E-state index contributed by atoms with van der Waals surface area (Å²) in [6.45, 7) is 1.81. The summed E-state index contributed by atoms with van der Waals surface area (Å²) < 4.78 is 13.9. The number of phenolic OH excluding ortho intramolecular Hbond substituents is 2. The van der Waals surface area contributed by atoms with Crippen LogP contribution < -0.4 is 5.32 Å². The number of hydrogen-bond acceptors (Lipinski definition) is 3. The normalized spacial score (nSPS) is 12.2. The molecule has 100 valence electrons. The summed E-state index contributed by atoms with van der Waals surface area (Å²) in [5, 5.41) is 22.3. The van der Waals surface area contributed by atoms with Crippen LogP contribution in [-0.4, -0.2) is 10.2 Å². The molecular formula is C14H13BrFNO2. The van der Waals surface area contributed by atoms with Gasteiger partial charge in [0.25, 0.3) is 0 Å². The Morgan fingerprint density at radius 1 is 1.16 bits per heavy atom. The van der Waals surface area contributed by atoms with Gasteiger partial charge >= 0.3 is 0 Å². The summed E-state index contributed by atoms with van der Waals surface area (Å²) in [6.07, 6.45) is 0. The molecule has 0 spiro atoms. The molecule has 3 nitrogen and oxygen atoms in total. The van der Waals surface area contributed by atoms with Gasteiger partial charge in [-0.1, -0.05) is 0 Å². The average molecular weight is 326 g/mol. The summed E-state index contributed by atoms with van der Waals surface area (Å²) in [4.78, 5) is 0. The zero-order valence-electron chi connectivity index (χ0n) is 10.2. The van der Waals surface area contributed by atoms with Crippen molar-refractivity contribution in [3.8, 4) is 11.5 Å². The molecule has 2 aromatic rings. The van der Waals surface area contributed by atoms with Crippen LogP contribution >= 0.6 is 15.9 Å². The third-order valence-electron chi connectivity index (χ3n) is 2.78. The first-order valence-corrected chi connectivity index (χ1v) is 6.50. The highest BCUT2D eigenvalue weighted by molar-refractivity contribution is 9.10. The second-order valence-electron chi connectivity index (χ2n) is 4.23. The van der Waals surface area contributed by atoms with Crippen LogP contribution in [0.25, 0.3) is 0 Å². The minimum atomic E-state index is -0.349. The van der Waals surface area contributed by atoms with Gasteiger partial charge in [0.05, 0.1) is 11.7 Å². The van der Waals surface area contributed by atoms with Gasteiger partial charge in [-0.2, -0.15) is 0 Å². The first-order chi connectivity index (χ1) is 8.97. The van der Waals surface area contributed by atoms with Crippen molar-refractivity contribution in [2.75, 3.05) is 5.32 Å². The van der Waals surface area contributed by atoms with Crippen LogP contribution in [-0.2, 0) is 0 Å². The molecule has 0 radical (unpaired) electrons. The molecule has 1 unspecified atom stereocenters. The van der Waals surface area contributed by atoms with Crippen molar-refractivity contribution in [2.24, 2.45) is 0 Å².